The van der Waals surface area contributed by atoms with Crippen LogP contribution in [-0.4, -0.2) is 12.6 Å². The van der Waals surface area contributed by atoms with Gasteiger partial charge in [-0.15, -0.1) is 0 Å². The largest absolute Gasteiger partial charge is 0.344 e. The van der Waals surface area contributed by atoms with Crippen LogP contribution < -0.4 is 5.32 Å². The Balaban J connectivity index is 2.18. The average Bonchev–Trinajstić information content (AvgIpc) is 1.90. The predicted molar refractivity (Wildman–Crippen MR) is 39.3 cm³/mol. The Kier molecular flexibility index (Phi) is 2.52. The summed E-state index contributed by atoms with van der Waals surface area (Å²) in [5.74, 6) is 1.01. The van der Waals surface area contributed by atoms with Crippen LogP contribution in [0.4, 0.5) is 0 Å². The summed E-state index contributed by atoms with van der Waals surface area (Å²) in [6.45, 7) is 6.00. The monoisotopic (exact) mass is 128 g/mol. The Bertz CT molecular complexity index is 72.6. The maximum atomic E-state index is 2.48. The molecule has 9 heavy (non-hydrogen) atoms. The zero-order valence-electron chi connectivity index (χ0n) is 6.56. The minimum Gasteiger partial charge on any atom is -0.344 e. The molecule has 0 aliphatic carbocycles. The molecule has 0 bridgehead atoms. The molecule has 0 aromatic heterocycles. The number of piperidine rings is 1. The Labute approximate surface area is 57.8 Å². The smallest absolute Gasteiger partial charge is 0.0830 e. The summed E-state index contributed by atoms with van der Waals surface area (Å²) < 4.78 is 0. The van der Waals surface area contributed by atoms with Crippen molar-refractivity contribution in [2.24, 2.45) is 5.92 Å². The van der Waals surface area contributed by atoms with Crippen molar-refractivity contribution < 1.29 is 5.32 Å². The van der Waals surface area contributed by atoms with E-state index in [1.54, 1.807) is 0 Å². The summed E-state index contributed by atoms with van der Waals surface area (Å²) in [7, 11) is 0. The lowest BCUT2D eigenvalue weighted by Crippen LogP contribution is -2.91. The first-order chi connectivity index (χ1) is 4.33. The molecule has 0 aromatic rings. The topological polar surface area (TPSA) is 16.6 Å². The third-order valence-corrected chi connectivity index (χ3v) is 2.48. The van der Waals surface area contributed by atoms with Crippen LogP contribution in [0, 0.1) is 5.92 Å². The number of hydrogen-bond acceptors (Lipinski definition) is 0. The molecule has 0 saturated carbocycles. The van der Waals surface area contributed by atoms with Gasteiger partial charge in [-0.25, -0.2) is 0 Å². The second kappa shape index (κ2) is 3.21. The van der Waals surface area contributed by atoms with Crippen LogP contribution >= 0.6 is 0 Å². The fraction of sp³-hybridized carbons (Fsp3) is 1.00. The van der Waals surface area contributed by atoms with E-state index in [1.807, 2.05) is 0 Å². The van der Waals surface area contributed by atoms with E-state index in [-0.39, 0.29) is 0 Å². The van der Waals surface area contributed by atoms with E-state index in [9.17, 15) is 0 Å². The lowest BCUT2D eigenvalue weighted by Gasteiger charge is -2.23. The van der Waals surface area contributed by atoms with Gasteiger partial charge in [-0.1, -0.05) is 6.92 Å². The third-order valence-electron chi connectivity index (χ3n) is 2.48. The highest BCUT2D eigenvalue weighted by Gasteiger charge is 2.18. The van der Waals surface area contributed by atoms with Crippen molar-refractivity contribution in [2.45, 2.75) is 39.2 Å². The average molecular weight is 128 g/mol. The zero-order chi connectivity index (χ0) is 6.69. The van der Waals surface area contributed by atoms with E-state index >= 15 is 0 Å². The molecule has 54 valence electrons. The van der Waals surface area contributed by atoms with Crippen molar-refractivity contribution in [1.82, 2.24) is 0 Å². The van der Waals surface area contributed by atoms with Crippen LogP contribution in [0.2, 0.25) is 0 Å². The summed E-state index contributed by atoms with van der Waals surface area (Å²) in [5.41, 5.74) is 0. The lowest BCUT2D eigenvalue weighted by molar-refractivity contribution is -0.700. The van der Waals surface area contributed by atoms with Gasteiger partial charge >= 0.3 is 0 Å². The molecule has 0 amide bonds. The zero-order valence-corrected chi connectivity index (χ0v) is 6.56. The minimum absolute atomic E-state index is 0.896. The molecule has 0 unspecified atom stereocenters. The van der Waals surface area contributed by atoms with Crippen LogP contribution in [0.15, 0.2) is 0 Å². The molecule has 2 atom stereocenters. The van der Waals surface area contributed by atoms with Gasteiger partial charge in [-0.3, -0.25) is 0 Å². The Morgan fingerprint density at radius 2 is 2.22 bits per heavy atom. The van der Waals surface area contributed by atoms with Crippen LogP contribution in [-0.2, 0) is 0 Å². The first-order valence-electron chi connectivity index (χ1n) is 4.16. The number of rotatable bonds is 1. The Morgan fingerprint density at radius 3 is 2.67 bits per heavy atom. The van der Waals surface area contributed by atoms with Gasteiger partial charge in [0.25, 0.3) is 0 Å². The molecule has 1 nitrogen and oxygen atoms in total. The highest BCUT2D eigenvalue weighted by atomic mass is 14.9. The highest BCUT2D eigenvalue weighted by molar-refractivity contribution is 4.61. The summed E-state index contributed by atoms with van der Waals surface area (Å²) in [6.07, 6.45) is 4.27. The van der Waals surface area contributed by atoms with E-state index in [2.05, 4.69) is 19.2 Å². The molecule has 0 aromatic carbocycles. The van der Waals surface area contributed by atoms with Gasteiger partial charge in [-0.05, 0) is 26.2 Å². The standard InChI is InChI=1S/C8H17N/c1-3-8-5-4-7(2)9-6-8/h7-9H,3-6H2,1-2H3/p+1/t7-,8+/m1/s1. The molecule has 1 fully saturated rings. The van der Waals surface area contributed by atoms with E-state index < -0.39 is 0 Å². The van der Waals surface area contributed by atoms with Crippen LogP contribution in [0.5, 0.6) is 0 Å². The van der Waals surface area contributed by atoms with E-state index in [0.29, 0.717) is 0 Å². The third kappa shape index (κ3) is 1.98. The van der Waals surface area contributed by atoms with Gasteiger partial charge in [0, 0.05) is 5.92 Å². The molecule has 1 rings (SSSR count). The molecule has 1 heterocycles. The van der Waals surface area contributed by atoms with Crippen molar-refractivity contribution in [1.29, 1.82) is 0 Å². The van der Waals surface area contributed by atoms with Crippen molar-refractivity contribution >= 4 is 0 Å². The Hall–Kier alpha value is -0.0400. The summed E-state index contributed by atoms with van der Waals surface area (Å²) in [4.78, 5) is 0. The van der Waals surface area contributed by atoms with Crippen molar-refractivity contribution in [2.75, 3.05) is 6.54 Å². The fourth-order valence-corrected chi connectivity index (χ4v) is 1.53. The van der Waals surface area contributed by atoms with Crippen LogP contribution in [0.3, 0.4) is 0 Å². The van der Waals surface area contributed by atoms with Gasteiger partial charge in [0.2, 0.25) is 0 Å². The fourth-order valence-electron chi connectivity index (χ4n) is 1.53. The van der Waals surface area contributed by atoms with Crippen molar-refractivity contribution in [3.63, 3.8) is 0 Å². The first-order valence-corrected chi connectivity index (χ1v) is 4.16. The number of hydrogen-bond donors (Lipinski definition) is 1. The van der Waals surface area contributed by atoms with Gasteiger partial charge in [0.05, 0.1) is 12.6 Å². The molecular weight excluding hydrogens is 110 g/mol. The Morgan fingerprint density at radius 1 is 1.44 bits per heavy atom. The molecule has 2 N–H and O–H groups in total. The molecule has 0 spiro atoms. The molecule has 1 aliphatic rings. The van der Waals surface area contributed by atoms with E-state index in [1.165, 1.54) is 25.8 Å². The van der Waals surface area contributed by atoms with E-state index in [0.717, 1.165) is 12.0 Å². The van der Waals surface area contributed by atoms with Gasteiger partial charge in [0.15, 0.2) is 0 Å². The lowest BCUT2D eigenvalue weighted by atomic mass is 9.94. The summed E-state index contributed by atoms with van der Waals surface area (Å²) in [6, 6.07) is 0.896. The molecule has 1 aliphatic heterocycles. The predicted octanol–water partition coefficient (Wildman–Crippen LogP) is 0.758. The molecule has 1 saturated heterocycles. The van der Waals surface area contributed by atoms with Crippen LogP contribution in [0.25, 0.3) is 0 Å². The van der Waals surface area contributed by atoms with E-state index in [4.69, 9.17) is 0 Å². The van der Waals surface area contributed by atoms with Gasteiger partial charge in [-0.2, -0.15) is 0 Å². The minimum atomic E-state index is 0.896. The normalized spacial score (nSPS) is 36.7. The number of quaternary nitrogens is 1. The quantitative estimate of drug-likeness (QED) is 0.537. The molecular formula is C8H18N+. The maximum Gasteiger partial charge on any atom is 0.0830 e. The van der Waals surface area contributed by atoms with Crippen molar-refractivity contribution in [3.05, 3.63) is 0 Å². The maximum absolute atomic E-state index is 2.48. The van der Waals surface area contributed by atoms with Crippen molar-refractivity contribution in [3.8, 4) is 0 Å². The first kappa shape index (κ1) is 7.07. The SMILES string of the molecule is CC[C@H]1CC[C@@H](C)[NH2+]C1. The second-order valence-corrected chi connectivity index (χ2v) is 3.30. The summed E-state index contributed by atoms with van der Waals surface area (Å²) >= 11 is 0. The second-order valence-electron chi connectivity index (χ2n) is 3.30. The molecule has 1 heteroatoms. The highest BCUT2D eigenvalue weighted by Crippen LogP contribution is 2.12. The van der Waals surface area contributed by atoms with Crippen LogP contribution in [0.1, 0.15) is 33.1 Å². The van der Waals surface area contributed by atoms with Gasteiger partial charge in [0.1, 0.15) is 0 Å². The summed E-state index contributed by atoms with van der Waals surface area (Å²) in [5, 5.41) is 2.48. The number of nitrogens with two attached hydrogens (primary N) is 1. The van der Waals surface area contributed by atoms with Gasteiger partial charge < -0.3 is 5.32 Å². The molecule has 0 radical (unpaired) electrons.